The summed E-state index contributed by atoms with van der Waals surface area (Å²) in [5.74, 6) is 2.47. The van der Waals surface area contributed by atoms with Gasteiger partial charge in [-0.25, -0.2) is 4.79 Å². The number of amides is 2. The van der Waals surface area contributed by atoms with Gasteiger partial charge in [-0.15, -0.1) is 10.2 Å². The molecule has 0 radical (unpaired) electrons. The molecule has 1 aliphatic heterocycles. The Kier molecular flexibility index (Phi) is 3.96. The number of carbonyl (C=O) groups excluding carboxylic acids is 1. The SMILES string of the molecule is C[C@@H]1Cc2ccccc2[C@@H]1NC(=O)NCCc1nnc2n1CCC2. The van der Waals surface area contributed by atoms with Crippen LogP contribution in [0.4, 0.5) is 4.79 Å². The zero-order valence-electron chi connectivity index (χ0n) is 14.0. The molecule has 1 aromatic carbocycles. The van der Waals surface area contributed by atoms with Crippen molar-refractivity contribution in [1.29, 1.82) is 0 Å². The van der Waals surface area contributed by atoms with E-state index in [0.717, 1.165) is 43.9 Å². The van der Waals surface area contributed by atoms with Gasteiger partial charge in [0.05, 0.1) is 6.04 Å². The summed E-state index contributed by atoms with van der Waals surface area (Å²) in [7, 11) is 0. The van der Waals surface area contributed by atoms with Gasteiger partial charge < -0.3 is 15.2 Å². The van der Waals surface area contributed by atoms with Crippen LogP contribution in [0.25, 0.3) is 0 Å². The summed E-state index contributed by atoms with van der Waals surface area (Å²) < 4.78 is 2.18. The first kappa shape index (κ1) is 15.2. The van der Waals surface area contributed by atoms with Gasteiger partial charge in [0.2, 0.25) is 0 Å². The molecule has 0 bridgehead atoms. The summed E-state index contributed by atoms with van der Waals surface area (Å²) in [6.07, 6.45) is 3.90. The molecule has 2 aromatic rings. The van der Waals surface area contributed by atoms with Gasteiger partial charge in [-0.1, -0.05) is 31.2 Å². The van der Waals surface area contributed by atoms with Crippen LogP contribution >= 0.6 is 0 Å². The first-order valence-electron chi connectivity index (χ1n) is 8.75. The molecule has 0 saturated carbocycles. The van der Waals surface area contributed by atoms with Gasteiger partial charge in [0, 0.05) is 25.9 Å². The summed E-state index contributed by atoms with van der Waals surface area (Å²) in [5.41, 5.74) is 2.59. The molecule has 6 nitrogen and oxygen atoms in total. The molecule has 1 aromatic heterocycles. The van der Waals surface area contributed by atoms with Gasteiger partial charge >= 0.3 is 6.03 Å². The number of rotatable bonds is 4. The third-order valence-electron chi connectivity index (χ3n) is 5.11. The summed E-state index contributed by atoms with van der Waals surface area (Å²) in [5, 5.41) is 14.5. The molecule has 2 N–H and O–H groups in total. The van der Waals surface area contributed by atoms with Crippen LogP contribution in [0.15, 0.2) is 24.3 Å². The monoisotopic (exact) mass is 325 g/mol. The average molecular weight is 325 g/mol. The van der Waals surface area contributed by atoms with E-state index in [9.17, 15) is 4.79 Å². The Morgan fingerprint density at radius 2 is 2.21 bits per heavy atom. The molecule has 2 aliphatic rings. The Labute approximate surface area is 141 Å². The summed E-state index contributed by atoms with van der Waals surface area (Å²) in [6, 6.07) is 8.35. The topological polar surface area (TPSA) is 71.8 Å². The minimum absolute atomic E-state index is 0.0959. The molecule has 1 aliphatic carbocycles. The number of nitrogens with one attached hydrogen (secondary N) is 2. The normalized spacial score (nSPS) is 21.4. The van der Waals surface area contributed by atoms with Crippen LogP contribution in [0.2, 0.25) is 0 Å². The molecule has 6 heteroatoms. The van der Waals surface area contributed by atoms with Gasteiger partial charge in [0.25, 0.3) is 0 Å². The van der Waals surface area contributed by atoms with Gasteiger partial charge in [0.1, 0.15) is 11.6 Å². The second-order valence-electron chi connectivity index (χ2n) is 6.80. The molecule has 4 rings (SSSR count). The second kappa shape index (κ2) is 6.26. The molecule has 0 spiro atoms. The van der Waals surface area contributed by atoms with Crippen LogP contribution in [-0.2, 0) is 25.8 Å². The van der Waals surface area contributed by atoms with Crippen molar-refractivity contribution in [2.75, 3.05) is 6.54 Å². The number of hydrogen-bond donors (Lipinski definition) is 2. The second-order valence-corrected chi connectivity index (χ2v) is 6.80. The first-order valence-corrected chi connectivity index (χ1v) is 8.75. The number of urea groups is 1. The maximum absolute atomic E-state index is 12.3. The highest BCUT2D eigenvalue weighted by Gasteiger charge is 2.30. The summed E-state index contributed by atoms with van der Waals surface area (Å²) in [4.78, 5) is 12.3. The van der Waals surface area contributed by atoms with Gasteiger partial charge in [-0.05, 0) is 29.9 Å². The summed E-state index contributed by atoms with van der Waals surface area (Å²) >= 11 is 0. The first-order chi connectivity index (χ1) is 11.7. The standard InChI is InChI=1S/C18H23N5O/c1-12-11-13-5-2-3-6-14(13)17(12)20-18(24)19-9-8-16-22-21-15-7-4-10-23(15)16/h2-3,5-6,12,17H,4,7-11H2,1H3,(H2,19,20,24)/t12-,17-/m1/s1. The van der Waals surface area contributed by atoms with Gasteiger partial charge in [0.15, 0.2) is 0 Å². The van der Waals surface area contributed by atoms with Crippen molar-refractivity contribution in [3.05, 3.63) is 47.0 Å². The molecule has 0 unspecified atom stereocenters. The number of carbonyl (C=O) groups is 1. The number of nitrogens with zero attached hydrogens (tertiary/aromatic N) is 3. The number of benzene rings is 1. The predicted octanol–water partition coefficient (Wildman–Crippen LogP) is 2.00. The Morgan fingerprint density at radius 3 is 3.12 bits per heavy atom. The van der Waals surface area contributed by atoms with Crippen LogP contribution < -0.4 is 10.6 Å². The maximum Gasteiger partial charge on any atom is 0.315 e. The Bertz CT molecular complexity index is 754. The van der Waals surface area contributed by atoms with Crippen LogP contribution in [0.1, 0.15) is 42.2 Å². The lowest BCUT2D eigenvalue weighted by Crippen LogP contribution is -2.40. The van der Waals surface area contributed by atoms with Crippen molar-refractivity contribution in [3.63, 3.8) is 0 Å². The van der Waals surface area contributed by atoms with E-state index in [2.05, 4.69) is 50.5 Å². The molecule has 0 saturated heterocycles. The van der Waals surface area contributed by atoms with Crippen molar-refractivity contribution < 1.29 is 4.79 Å². The van der Waals surface area contributed by atoms with Crippen LogP contribution in [0.5, 0.6) is 0 Å². The molecule has 24 heavy (non-hydrogen) atoms. The molecule has 2 heterocycles. The van der Waals surface area contributed by atoms with Crippen molar-refractivity contribution in [2.45, 2.75) is 45.2 Å². The zero-order chi connectivity index (χ0) is 16.5. The number of aryl methyl sites for hydroxylation is 1. The Hall–Kier alpha value is -2.37. The molecule has 2 amide bonds. The van der Waals surface area contributed by atoms with Crippen molar-refractivity contribution >= 4 is 6.03 Å². The van der Waals surface area contributed by atoms with E-state index in [1.807, 2.05) is 6.07 Å². The highest BCUT2D eigenvalue weighted by Crippen LogP contribution is 2.35. The molecule has 2 atom stereocenters. The highest BCUT2D eigenvalue weighted by atomic mass is 16.2. The van der Waals surface area contributed by atoms with Gasteiger partial charge in [-0.3, -0.25) is 0 Å². The third-order valence-corrected chi connectivity index (χ3v) is 5.11. The van der Waals surface area contributed by atoms with Crippen LogP contribution in [0, 0.1) is 5.92 Å². The lowest BCUT2D eigenvalue weighted by molar-refractivity contribution is 0.233. The minimum atomic E-state index is -0.107. The van der Waals surface area contributed by atoms with Crippen molar-refractivity contribution in [3.8, 4) is 0 Å². The Morgan fingerprint density at radius 1 is 1.33 bits per heavy atom. The summed E-state index contributed by atoms with van der Waals surface area (Å²) in [6.45, 7) is 3.76. The largest absolute Gasteiger partial charge is 0.338 e. The Balaban J connectivity index is 1.31. The molecule has 0 fully saturated rings. The fourth-order valence-electron chi connectivity index (χ4n) is 3.89. The van der Waals surface area contributed by atoms with E-state index >= 15 is 0 Å². The van der Waals surface area contributed by atoms with Crippen LogP contribution in [0.3, 0.4) is 0 Å². The third kappa shape index (κ3) is 2.77. The number of aromatic nitrogens is 3. The molecular weight excluding hydrogens is 302 g/mol. The van der Waals surface area contributed by atoms with E-state index in [0.29, 0.717) is 12.5 Å². The zero-order valence-corrected chi connectivity index (χ0v) is 14.0. The minimum Gasteiger partial charge on any atom is -0.338 e. The molecule has 126 valence electrons. The van der Waals surface area contributed by atoms with E-state index in [1.54, 1.807) is 0 Å². The predicted molar refractivity (Wildman–Crippen MR) is 90.6 cm³/mol. The van der Waals surface area contributed by atoms with E-state index in [-0.39, 0.29) is 12.1 Å². The fraction of sp³-hybridized carbons (Fsp3) is 0.500. The maximum atomic E-state index is 12.3. The number of fused-ring (bicyclic) bond motifs is 2. The lowest BCUT2D eigenvalue weighted by Gasteiger charge is -2.19. The fourth-order valence-corrected chi connectivity index (χ4v) is 3.89. The van der Waals surface area contributed by atoms with E-state index in [1.165, 1.54) is 11.1 Å². The lowest BCUT2D eigenvalue weighted by atomic mass is 10.0. The molecular formula is C18H23N5O. The van der Waals surface area contributed by atoms with E-state index in [4.69, 9.17) is 0 Å². The van der Waals surface area contributed by atoms with Crippen molar-refractivity contribution in [1.82, 2.24) is 25.4 Å². The smallest absolute Gasteiger partial charge is 0.315 e. The number of hydrogen-bond acceptors (Lipinski definition) is 3. The van der Waals surface area contributed by atoms with E-state index < -0.39 is 0 Å². The van der Waals surface area contributed by atoms with Crippen molar-refractivity contribution in [2.24, 2.45) is 5.92 Å². The average Bonchev–Trinajstić information content (AvgIpc) is 3.24. The van der Waals surface area contributed by atoms with Crippen LogP contribution in [-0.4, -0.2) is 27.3 Å². The quantitative estimate of drug-likeness (QED) is 0.903. The van der Waals surface area contributed by atoms with Gasteiger partial charge in [-0.2, -0.15) is 0 Å². The highest BCUT2D eigenvalue weighted by molar-refractivity contribution is 5.74.